The Labute approximate surface area is 176 Å². The van der Waals surface area contributed by atoms with Crippen molar-refractivity contribution in [3.05, 3.63) is 59.1 Å². The molecule has 6 nitrogen and oxygen atoms in total. The van der Waals surface area contributed by atoms with Crippen LogP contribution in [0.15, 0.2) is 48.5 Å². The average Bonchev–Trinajstić information content (AvgIpc) is 2.75. The molecule has 0 bridgehead atoms. The summed E-state index contributed by atoms with van der Waals surface area (Å²) in [5.41, 5.74) is 0.799. The van der Waals surface area contributed by atoms with Gasteiger partial charge in [-0.15, -0.1) is 0 Å². The molecule has 0 heterocycles. The van der Waals surface area contributed by atoms with E-state index in [-0.39, 0.29) is 24.8 Å². The number of methoxy groups -OCH3 is 1. The topological polar surface area (TPSA) is 67.9 Å². The Morgan fingerprint density at radius 1 is 1.10 bits per heavy atom. The maximum Gasteiger partial charge on any atom is 0.242 e. The lowest BCUT2D eigenvalue weighted by atomic mass is 10.1. The predicted octanol–water partition coefficient (Wildman–Crippen LogP) is 3.67. The van der Waals surface area contributed by atoms with Gasteiger partial charge in [0, 0.05) is 25.0 Å². The van der Waals surface area contributed by atoms with Gasteiger partial charge in [0.05, 0.1) is 13.7 Å². The van der Waals surface area contributed by atoms with Gasteiger partial charge in [-0.05, 0) is 49.2 Å². The van der Waals surface area contributed by atoms with Crippen molar-refractivity contribution in [3.63, 3.8) is 0 Å². The Bertz CT molecular complexity index is 811. The molecule has 1 atom stereocenters. The van der Waals surface area contributed by atoms with E-state index in [4.69, 9.17) is 21.1 Å². The average molecular weight is 419 g/mol. The van der Waals surface area contributed by atoms with E-state index in [0.717, 1.165) is 11.3 Å². The van der Waals surface area contributed by atoms with Crippen molar-refractivity contribution < 1.29 is 19.1 Å². The van der Waals surface area contributed by atoms with E-state index in [9.17, 15) is 9.59 Å². The summed E-state index contributed by atoms with van der Waals surface area (Å²) in [7, 11) is 3.16. The molecule has 29 heavy (non-hydrogen) atoms. The number of hydrogen-bond donors (Lipinski definition) is 1. The van der Waals surface area contributed by atoms with E-state index in [1.807, 2.05) is 42.5 Å². The number of carbonyl (C=O) groups excluding carboxylic acids is 2. The molecule has 0 saturated heterocycles. The number of nitrogens with one attached hydrogen (secondary N) is 1. The van der Waals surface area contributed by atoms with E-state index in [2.05, 4.69) is 5.32 Å². The quantitative estimate of drug-likeness (QED) is 0.598. The van der Waals surface area contributed by atoms with Gasteiger partial charge in [0.25, 0.3) is 0 Å². The summed E-state index contributed by atoms with van der Waals surface area (Å²) in [5, 5.41) is 3.16. The van der Waals surface area contributed by atoms with Crippen molar-refractivity contribution >= 4 is 23.4 Å². The van der Waals surface area contributed by atoms with Crippen LogP contribution in [0.2, 0.25) is 5.02 Å². The van der Waals surface area contributed by atoms with Gasteiger partial charge in [-0.3, -0.25) is 9.59 Å². The third-order valence-electron chi connectivity index (χ3n) is 4.58. The lowest BCUT2D eigenvalue weighted by Gasteiger charge is -2.28. The minimum absolute atomic E-state index is 0.126. The van der Waals surface area contributed by atoms with Crippen LogP contribution < -0.4 is 14.8 Å². The molecule has 0 aromatic heterocycles. The maximum atomic E-state index is 12.8. The summed E-state index contributed by atoms with van der Waals surface area (Å²) in [6.45, 7) is 2.38. The molecule has 0 aliphatic carbocycles. The Balaban J connectivity index is 1.95. The van der Waals surface area contributed by atoms with E-state index in [0.29, 0.717) is 23.8 Å². The predicted molar refractivity (Wildman–Crippen MR) is 113 cm³/mol. The van der Waals surface area contributed by atoms with Crippen LogP contribution in [0.25, 0.3) is 0 Å². The molecule has 0 aliphatic heterocycles. The number of halogens is 1. The van der Waals surface area contributed by atoms with Gasteiger partial charge in [-0.2, -0.15) is 0 Å². The first-order valence-corrected chi connectivity index (χ1v) is 9.85. The van der Waals surface area contributed by atoms with Crippen LogP contribution in [0.1, 0.15) is 25.3 Å². The fourth-order valence-electron chi connectivity index (χ4n) is 2.83. The number of rotatable bonds is 10. The zero-order valence-electron chi connectivity index (χ0n) is 17.0. The highest BCUT2D eigenvalue weighted by atomic mass is 35.5. The van der Waals surface area contributed by atoms with Gasteiger partial charge in [0.1, 0.15) is 17.5 Å². The van der Waals surface area contributed by atoms with E-state index in [1.54, 1.807) is 32.0 Å². The summed E-state index contributed by atoms with van der Waals surface area (Å²) in [6, 6.07) is 14.0. The second-order valence-corrected chi connectivity index (χ2v) is 6.94. The van der Waals surface area contributed by atoms with Crippen LogP contribution in [0.5, 0.6) is 11.5 Å². The summed E-state index contributed by atoms with van der Waals surface area (Å²) in [6.07, 6.45) is 0.798. The largest absolute Gasteiger partial charge is 0.497 e. The van der Waals surface area contributed by atoms with Crippen molar-refractivity contribution in [1.29, 1.82) is 0 Å². The van der Waals surface area contributed by atoms with Crippen molar-refractivity contribution in [2.24, 2.45) is 0 Å². The van der Waals surface area contributed by atoms with Crippen LogP contribution in [0.4, 0.5) is 0 Å². The molecule has 7 heteroatoms. The Morgan fingerprint density at radius 2 is 1.76 bits per heavy atom. The molecule has 0 saturated carbocycles. The smallest absolute Gasteiger partial charge is 0.242 e. The van der Waals surface area contributed by atoms with E-state index < -0.39 is 6.04 Å². The third-order valence-corrected chi connectivity index (χ3v) is 4.94. The van der Waals surface area contributed by atoms with Gasteiger partial charge in [0.15, 0.2) is 0 Å². The normalized spacial score (nSPS) is 11.4. The van der Waals surface area contributed by atoms with E-state index in [1.165, 1.54) is 0 Å². The Kier molecular flexibility index (Phi) is 8.80. The van der Waals surface area contributed by atoms with Crippen molar-refractivity contribution in [2.75, 3.05) is 20.8 Å². The van der Waals surface area contributed by atoms with Crippen molar-refractivity contribution in [3.8, 4) is 11.5 Å². The highest BCUT2D eigenvalue weighted by molar-refractivity contribution is 6.31. The summed E-state index contributed by atoms with van der Waals surface area (Å²) < 4.78 is 10.8. The number of likely N-dealkylation sites (N-methyl/N-ethyl adjacent to an activating group) is 1. The van der Waals surface area contributed by atoms with Crippen molar-refractivity contribution in [1.82, 2.24) is 10.2 Å². The molecule has 0 unspecified atom stereocenters. The molecular formula is C22H27ClN2O4. The highest BCUT2D eigenvalue weighted by Crippen LogP contribution is 2.20. The number of amides is 2. The second kappa shape index (κ2) is 11.3. The number of nitrogens with zero attached hydrogens (tertiary/aromatic N) is 1. The minimum Gasteiger partial charge on any atom is -0.497 e. The monoisotopic (exact) mass is 418 g/mol. The first-order valence-electron chi connectivity index (χ1n) is 9.47. The molecule has 0 aliphatic rings. The zero-order chi connectivity index (χ0) is 21.2. The number of hydrogen-bond acceptors (Lipinski definition) is 4. The fourth-order valence-corrected chi connectivity index (χ4v) is 3.03. The molecule has 2 amide bonds. The van der Waals surface area contributed by atoms with Crippen LogP contribution in [0, 0.1) is 0 Å². The zero-order valence-corrected chi connectivity index (χ0v) is 17.7. The SMILES string of the molecule is CNC(=O)[C@H](C)N(Cc1ccccc1Cl)C(=O)CCCOc1ccc(OC)cc1. The maximum absolute atomic E-state index is 12.8. The molecule has 2 aromatic rings. The van der Waals surface area contributed by atoms with Gasteiger partial charge in [-0.25, -0.2) is 0 Å². The van der Waals surface area contributed by atoms with Crippen LogP contribution >= 0.6 is 11.6 Å². The van der Waals surface area contributed by atoms with Crippen LogP contribution in [-0.2, 0) is 16.1 Å². The lowest BCUT2D eigenvalue weighted by Crippen LogP contribution is -2.46. The summed E-state index contributed by atoms with van der Waals surface area (Å²) in [5.74, 6) is 1.12. The highest BCUT2D eigenvalue weighted by Gasteiger charge is 2.25. The number of ether oxygens (including phenoxy) is 2. The third kappa shape index (κ3) is 6.68. The van der Waals surface area contributed by atoms with Gasteiger partial charge >= 0.3 is 0 Å². The molecular weight excluding hydrogens is 392 g/mol. The molecule has 1 N–H and O–H groups in total. The van der Waals surface area contributed by atoms with Gasteiger partial charge in [0.2, 0.25) is 11.8 Å². The minimum atomic E-state index is -0.605. The molecule has 156 valence electrons. The Morgan fingerprint density at radius 3 is 2.38 bits per heavy atom. The summed E-state index contributed by atoms with van der Waals surface area (Å²) >= 11 is 6.24. The molecule has 2 aromatic carbocycles. The first-order chi connectivity index (χ1) is 14.0. The van der Waals surface area contributed by atoms with Crippen LogP contribution in [-0.4, -0.2) is 43.5 Å². The fraction of sp³-hybridized carbons (Fsp3) is 0.364. The molecule has 2 rings (SSSR count). The molecule has 0 radical (unpaired) electrons. The standard InChI is InChI=1S/C22H27ClN2O4/c1-16(22(27)24-2)25(15-17-7-4-5-8-20(17)23)21(26)9-6-14-29-19-12-10-18(28-3)11-13-19/h4-5,7-8,10-13,16H,6,9,14-15H2,1-3H3,(H,24,27)/t16-/m0/s1. The van der Waals surface area contributed by atoms with Gasteiger partial charge < -0.3 is 19.7 Å². The van der Waals surface area contributed by atoms with E-state index >= 15 is 0 Å². The second-order valence-electron chi connectivity index (χ2n) is 6.53. The lowest BCUT2D eigenvalue weighted by molar-refractivity contribution is -0.140. The molecule has 0 spiro atoms. The number of benzene rings is 2. The first kappa shape index (κ1) is 22.6. The van der Waals surface area contributed by atoms with Gasteiger partial charge in [-0.1, -0.05) is 29.8 Å². The Hall–Kier alpha value is -2.73. The van der Waals surface area contributed by atoms with Crippen molar-refractivity contribution in [2.45, 2.75) is 32.4 Å². The summed E-state index contributed by atoms with van der Waals surface area (Å²) in [4.78, 5) is 26.5. The number of carbonyl (C=O) groups is 2. The van der Waals surface area contributed by atoms with Crippen LogP contribution in [0.3, 0.4) is 0 Å². The molecule has 0 fully saturated rings.